The average molecular weight is 343 g/mol. The molecule has 0 aliphatic carbocycles. The first-order valence-corrected chi connectivity index (χ1v) is 7.88. The summed E-state index contributed by atoms with van der Waals surface area (Å²) in [6, 6.07) is 8.80. The number of benzene rings is 1. The molecule has 0 bridgehead atoms. The van der Waals surface area contributed by atoms with Gasteiger partial charge in [0.2, 0.25) is 5.91 Å². The predicted octanol–water partition coefficient (Wildman–Crippen LogP) is 1.71. The summed E-state index contributed by atoms with van der Waals surface area (Å²) in [7, 11) is 1.60. The number of hydrogen-bond donors (Lipinski definition) is 0. The van der Waals surface area contributed by atoms with E-state index in [9.17, 15) is 14.0 Å². The molecule has 25 heavy (non-hydrogen) atoms. The van der Waals surface area contributed by atoms with Crippen LogP contribution in [0.3, 0.4) is 0 Å². The Hall–Kier alpha value is -2.96. The molecule has 6 nitrogen and oxygen atoms in total. The minimum absolute atomic E-state index is 0.0588. The van der Waals surface area contributed by atoms with E-state index in [1.807, 2.05) is 24.3 Å². The topological polar surface area (TPSA) is 62.7 Å². The van der Waals surface area contributed by atoms with Crippen molar-refractivity contribution in [2.45, 2.75) is 6.54 Å². The van der Waals surface area contributed by atoms with Crippen molar-refractivity contribution in [3.63, 3.8) is 0 Å². The number of halogens is 1. The third-order valence-electron chi connectivity index (χ3n) is 4.14. The molecule has 2 heterocycles. The lowest BCUT2D eigenvalue weighted by Gasteiger charge is -2.34. The Morgan fingerprint density at radius 3 is 2.64 bits per heavy atom. The molecule has 0 atom stereocenters. The fraction of sp³-hybridized carbons (Fsp3) is 0.278. The summed E-state index contributed by atoms with van der Waals surface area (Å²) in [4.78, 5) is 31.4. The summed E-state index contributed by atoms with van der Waals surface area (Å²) >= 11 is 0. The van der Waals surface area contributed by atoms with Gasteiger partial charge in [-0.2, -0.15) is 0 Å². The molecule has 2 amide bonds. The number of piperazine rings is 1. The summed E-state index contributed by atoms with van der Waals surface area (Å²) < 4.78 is 18.8. The van der Waals surface area contributed by atoms with Crippen molar-refractivity contribution in [2.75, 3.05) is 26.7 Å². The van der Waals surface area contributed by atoms with Crippen molar-refractivity contribution < 1.29 is 18.7 Å². The van der Waals surface area contributed by atoms with Gasteiger partial charge in [0.05, 0.1) is 18.9 Å². The van der Waals surface area contributed by atoms with Crippen molar-refractivity contribution in [2.24, 2.45) is 0 Å². The second-order valence-corrected chi connectivity index (χ2v) is 5.75. The van der Waals surface area contributed by atoms with Crippen LogP contribution in [-0.4, -0.2) is 53.3 Å². The molecular weight excluding hydrogens is 325 g/mol. The molecular formula is C18H18FN3O3. The number of rotatable bonds is 4. The first-order chi connectivity index (χ1) is 12.1. The zero-order valence-electron chi connectivity index (χ0n) is 13.8. The summed E-state index contributed by atoms with van der Waals surface area (Å²) in [5.74, 6) is -0.576. The van der Waals surface area contributed by atoms with Crippen LogP contribution in [0.5, 0.6) is 5.75 Å². The number of hydrogen-bond acceptors (Lipinski definition) is 4. The fourth-order valence-corrected chi connectivity index (χ4v) is 2.72. The second kappa shape index (κ2) is 7.29. The number of carbonyl (C=O) groups excluding carboxylic acids is 2. The van der Waals surface area contributed by atoms with Crippen LogP contribution in [0.25, 0.3) is 0 Å². The van der Waals surface area contributed by atoms with Crippen molar-refractivity contribution in [1.29, 1.82) is 0 Å². The number of nitrogens with zero attached hydrogens (tertiary/aromatic N) is 3. The number of methoxy groups -OCH3 is 1. The third-order valence-corrected chi connectivity index (χ3v) is 4.14. The maximum atomic E-state index is 13.7. The minimum atomic E-state index is -0.680. The smallest absolute Gasteiger partial charge is 0.257 e. The Labute approximate surface area is 144 Å². The van der Waals surface area contributed by atoms with Crippen molar-refractivity contribution in [1.82, 2.24) is 14.8 Å². The Bertz CT molecular complexity index is 779. The lowest BCUT2D eigenvalue weighted by Crippen LogP contribution is -2.51. The van der Waals surface area contributed by atoms with Crippen molar-refractivity contribution >= 4 is 11.8 Å². The van der Waals surface area contributed by atoms with Crippen molar-refractivity contribution in [3.8, 4) is 5.75 Å². The van der Waals surface area contributed by atoms with Gasteiger partial charge in [-0.15, -0.1) is 0 Å². The molecule has 7 heteroatoms. The number of pyridine rings is 1. The van der Waals surface area contributed by atoms with Crippen LogP contribution in [0.2, 0.25) is 0 Å². The Kier molecular flexibility index (Phi) is 4.92. The molecule has 130 valence electrons. The Morgan fingerprint density at radius 2 is 2.00 bits per heavy atom. The lowest BCUT2D eigenvalue weighted by molar-refractivity contribution is -0.135. The highest BCUT2D eigenvalue weighted by Gasteiger charge is 2.28. The number of carbonyl (C=O) groups is 2. The van der Waals surface area contributed by atoms with Crippen LogP contribution in [-0.2, 0) is 11.3 Å². The lowest BCUT2D eigenvalue weighted by atomic mass is 10.1. The zero-order valence-corrected chi connectivity index (χ0v) is 13.8. The van der Waals surface area contributed by atoms with E-state index in [0.717, 1.165) is 17.5 Å². The summed E-state index contributed by atoms with van der Waals surface area (Å²) in [6.07, 6.45) is 2.35. The fourth-order valence-electron chi connectivity index (χ4n) is 2.72. The monoisotopic (exact) mass is 343 g/mol. The van der Waals surface area contributed by atoms with E-state index in [4.69, 9.17) is 4.74 Å². The normalized spacial score (nSPS) is 14.6. The molecule has 0 unspecified atom stereocenters. The van der Waals surface area contributed by atoms with E-state index in [0.29, 0.717) is 19.6 Å². The maximum absolute atomic E-state index is 13.7. The molecule has 0 N–H and O–H groups in total. The minimum Gasteiger partial charge on any atom is -0.497 e. The van der Waals surface area contributed by atoms with Crippen LogP contribution in [0.15, 0.2) is 42.7 Å². The van der Waals surface area contributed by atoms with Crippen LogP contribution in [0.1, 0.15) is 15.9 Å². The summed E-state index contributed by atoms with van der Waals surface area (Å²) in [6.45, 7) is 1.18. The number of amides is 2. The van der Waals surface area contributed by atoms with Gasteiger partial charge in [0, 0.05) is 25.8 Å². The SMILES string of the molecule is COc1ccc(CN2CCN(C(=O)c3ccncc3F)CC2=O)cc1. The Morgan fingerprint density at radius 1 is 1.24 bits per heavy atom. The maximum Gasteiger partial charge on any atom is 0.257 e. The summed E-state index contributed by atoms with van der Waals surface area (Å²) in [5.41, 5.74) is 0.917. The van der Waals surface area contributed by atoms with E-state index in [1.54, 1.807) is 12.0 Å². The van der Waals surface area contributed by atoms with Gasteiger partial charge in [-0.05, 0) is 23.8 Å². The largest absolute Gasteiger partial charge is 0.497 e. The molecule has 3 rings (SSSR count). The van der Waals surface area contributed by atoms with Gasteiger partial charge in [0.25, 0.3) is 5.91 Å². The van der Waals surface area contributed by atoms with Gasteiger partial charge < -0.3 is 14.5 Å². The zero-order chi connectivity index (χ0) is 17.8. The van der Waals surface area contributed by atoms with E-state index in [1.165, 1.54) is 17.2 Å². The predicted molar refractivity (Wildman–Crippen MR) is 88.5 cm³/mol. The molecule has 0 radical (unpaired) electrons. The van der Waals surface area contributed by atoms with Gasteiger partial charge >= 0.3 is 0 Å². The van der Waals surface area contributed by atoms with Crippen molar-refractivity contribution in [3.05, 3.63) is 59.7 Å². The number of ether oxygens (including phenoxy) is 1. The molecule has 1 fully saturated rings. The van der Waals surface area contributed by atoms with Crippen LogP contribution < -0.4 is 4.74 Å². The van der Waals surface area contributed by atoms with Gasteiger partial charge in [0.15, 0.2) is 5.82 Å². The molecule has 0 saturated carbocycles. The highest BCUT2D eigenvalue weighted by molar-refractivity contribution is 5.97. The van der Waals surface area contributed by atoms with Crippen LogP contribution in [0.4, 0.5) is 4.39 Å². The molecule has 1 aromatic carbocycles. The average Bonchev–Trinajstić information content (AvgIpc) is 2.64. The van der Waals surface area contributed by atoms with Gasteiger partial charge in [0.1, 0.15) is 12.3 Å². The van der Waals surface area contributed by atoms with E-state index in [2.05, 4.69) is 4.98 Å². The van der Waals surface area contributed by atoms with Gasteiger partial charge in [-0.3, -0.25) is 14.6 Å². The van der Waals surface area contributed by atoms with E-state index in [-0.39, 0.29) is 18.0 Å². The van der Waals surface area contributed by atoms with Crippen LogP contribution >= 0.6 is 0 Å². The highest BCUT2D eigenvalue weighted by Crippen LogP contribution is 2.16. The molecule has 1 aromatic heterocycles. The van der Waals surface area contributed by atoms with Crippen LogP contribution in [0, 0.1) is 5.82 Å². The highest BCUT2D eigenvalue weighted by atomic mass is 19.1. The standard InChI is InChI=1S/C18H18FN3O3/c1-25-14-4-2-13(3-5-14)11-21-8-9-22(12-17(21)23)18(24)15-6-7-20-10-16(15)19/h2-7,10H,8-9,11-12H2,1H3. The molecule has 1 saturated heterocycles. The van der Waals surface area contributed by atoms with Gasteiger partial charge in [-0.1, -0.05) is 12.1 Å². The third kappa shape index (κ3) is 3.76. The summed E-state index contributed by atoms with van der Waals surface area (Å²) in [5, 5.41) is 0. The quantitative estimate of drug-likeness (QED) is 0.848. The molecule has 2 aromatic rings. The first-order valence-electron chi connectivity index (χ1n) is 7.88. The van der Waals surface area contributed by atoms with E-state index < -0.39 is 11.7 Å². The molecule has 1 aliphatic heterocycles. The first kappa shape index (κ1) is 16.9. The van der Waals surface area contributed by atoms with E-state index >= 15 is 0 Å². The van der Waals surface area contributed by atoms with Gasteiger partial charge in [-0.25, -0.2) is 4.39 Å². The second-order valence-electron chi connectivity index (χ2n) is 5.75. The number of aromatic nitrogens is 1. The Balaban J connectivity index is 1.63. The molecule has 1 aliphatic rings. The molecule has 0 spiro atoms.